The van der Waals surface area contributed by atoms with Gasteiger partial charge in [-0.15, -0.1) is 0 Å². The van der Waals surface area contributed by atoms with Gasteiger partial charge in [0.05, 0.1) is 0 Å². The molecule has 2 unspecified atom stereocenters. The second-order valence-electron chi connectivity index (χ2n) is 4.64. The van der Waals surface area contributed by atoms with Crippen LogP contribution < -0.4 is 15.8 Å². The minimum absolute atomic E-state index is 0.101. The summed E-state index contributed by atoms with van der Waals surface area (Å²) in [4.78, 5) is 11.6. The highest BCUT2D eigenvalue weighted by atomic mass is 19.1. The van der Waals surface area contributed by atoms with E-state index in [0.29, 0.717) is 11.3 Å². The minimum Gasteiger partial charge on any atom is -0.483 e. The van der Waals surface area contributed by atoms with E-state index in [4.69, 9.17) is 10.5 Å². The highest BCUT2D eigenvalue weighted by molar-refractivity contribution is 5.77. The zero-order valence-electron chi connectivity index (χ0n) is 11.6. The molecule has 1 rings (SSSR count). The van der Waals surface area contributed by atoms with Crippen LogP contribution >= 0.6 is 0 Å². The molecule has 4 nitrogen and oxygen atoms in total. The summed E-state index contributed by atoms with van der Waals surface area (Å²) in [6.07, 6.45) is 0.855. The molecule has 0 fully saturated rings. The molecule has 1 aromatic rings. The molecule has 3 N–H and O–H groups in total. The Labute approximate surface area is 113 Å². The van der Waals surface area contributed by atoms with Crippen molar-refractivity contribution in [1.82, 2.24) is 5.32 Å². The van der Waals surface area contributed by atoms with Crippen molar-refractivity contribution in [3.05, 3.63) is 29.6 Å². The lowest BCUT2D eigenvalue weighted by Crippen LogP contribution is -2.35. The first-order valence-electron chi connectivity index (χ1n) is 6.41. The topological polar surface area (TPSA) is 64.3 Å². The number of hydrogen-bond donors (Lipinski definition) is 2. The molecule has 0 spiro atoms. The summed E-state index contributed by atoms with van der Waals surface area (Å²) in [5.74, 6) is -0.131. The smallest absolute Gasteiger partial charge is 0.258 e. The Kier molecular flexibility index (Phi) is 5.76. The van der Waals surface area contributed by atoms with Crippen molar-refractivity contribution in [2.45, 2.75) is 39.3 Å². The maximum atomic E-state index is 13.1. The lowest BCUT2D eigenvalue weighted by atomic mass is 10.1. The maximum Gasteiger partial charge on any atom is 0.258 e. The number of nitrogens with two attached hydrogens (primary N) is 1. The Balaban J connectivity index is 2.65. The molecule has 0 radical (unpaired) electrons. The van der Waals surface area contributed by atoms with Gasteiger partial charge in [0, 0.05) is 17.6 Å². The number of carbonyl (C=O) groups is 1. The number of benzene rings is 1. The van der Waals surface area contributed by atoms with Gasteiger partial charge in [0.15, 0.2) is 6.61 Å². The van der Waals surface area contributed by atoms with Gasteiger partial charge in [-0.05, 0) is 38.5 Å². The molecule has 0 heterocycles. The third-order valence-corrected chi connectivity index (χ3v) is 2.84. The van der Waals surface area contributed by atoms with Crippen LogP contribution in [0.25, 0.3) is 0 Å². The summed E-state index contributed by atoms with van der Waals surface area (Å²) in [6.45, 7) is 5.54. The molecule has 0 saturated heterocycles. The number of ether oxygens (including phenoxy) is 1. The number of hydrogen-bond acceptors (Lipinski definition) is 3. The molecule has 0 aliphatic heterocycles. The van der Waals surface area contributed by atoms with Crippen LogP contribution in [-0.2, 0) is 4.79 Å². The van der Waals surface area contributed by atoms with Crippen LogP contribution in [0.3, 0.4) is 0 Å². The highest BCUT2D eigenvalue weighted by Crippen LogP contribution is 2.24. The number of rotatable bonds is 6. The monoisotopic (exact) mass is 268 g/mol. The summed E-state index contributed by atoms with van der Waals surface area (Å²) in [6, 6.07) is 3.85. The quantitative estimate of drug-likeness (QED) is 0.830. The van der Waals surface area contributed by atoms with Crippen LogP contribution in [-0.4, -0.2) is 18.6 Å². The molecule has 0 aliphatic carbocycles. The zero-order chi connectivity index (χ0) is 14.4. The molecule has 0 aromatic heterocycles. The number of halogens is 1. The van der Waals surface area contributed by atoms with Gasteiger partial charge < -0.3 is 15.8 Å². The van der Waals surface area contributed by atoms with Crippen LogP contribution in [0.4, 0.5) is 4.39 Å². The van der Waals surface area contributed by atoms with Crippen LogP contribution in [0.15, 0.2) is 18.2 Å². The van der Waals surface area contributed by atoms with E-state index in [-0.39, 0.29) is 30.4 Å². The van der Waals surface area contributed by atoms with Gasteiger partial charge >= 0.3 is 0 Å². The van der Waals surface area contributed by atoms with E-state index in [9.17, 15) is 9.18 Å². The predicted octanol–water partition coefficient (Wildman–Crippen LogP) is 2.14. The van der Waals surface area contributed by atoms with Gasteiger partial charge in [0.1, 0.15) is 11.6 Å². The van der Waals surface area contributed by atoms with Crippen molar-refractivity contribution < 1.29 is 13.9 Å². The number of carbonyl (C=O) groups excluding carboxylic acids is 1. The average molecular weight is 268 g/mol. The van der Waals surface area contributed by atoms with E-state index in [0.717, 1.165) is 6.42 Å². The van der Waals surface area contributed by atoms with Gasteiger partial charge in [-0.2, -0.15) is 0 Å². The zero-order valence-corrected chi connectivity index (χ0v) is 11.6. The van der Waals surface area contributed by atoms with Crippen molar-refractivity contribution >= 4 is 5.91 Å². The summed E-state index contributed by atoms with van der Waals surface area (Å²) >= 11 is 0. The average Bonchev–Trinajstić information content (AvgIpc) is 2.36. The maximum absolute atomic E-state index is 13.1. The van der Waals surface area contributed by atoms with E-state index in [2.05, 4.69) is 5.32 Å². The van der Waals surface area contributed by atoms with Gasteiger partial charge in [0.2, 0.25) is 0 Å². The summed E-state index contributed by atoms with van der Waals surface area (Å²) in [5.41, 5.74) is 6.30. The van der Waals surface area contributed by atoms with Crippen LogP contribution in [0.1, 0.15) is 38.8 Å². The van der Waals surface area contributed by atoms with Crippen molar-refractivity contribution in [3.63, 3.8) is 0 Å². The molecular weight excluding hydrogens is 247 g/mol. The first-order chi connectivity index (χ1) is 8.93. The highest BCUT2D eigenvalue weighted by Gasteiger charge is 2.12. The lowest BCUT2D eigenvalue weighted by molar-refractivity contribution is -0.123. The van der Waals surface area contributed by atoms with E-state index in [1.54, 1.807) is 6.92 Å². The summed E-state index contributed by atoms with van der Waals surface area (Å²) in [5, 5.41) is 2.79. The van der Waals surface area contributed by atoms with Gasteiger partial charge in [-0.25, -0.2) is 4.39 Å². The Morgan fingerprint density at radius 2 is 2.16 bits per heavy atom. The van der Waals surface area contributed by atoms with E-state index < -0.39 is 0 Å². The Morgan fingerprint density at radius 3 is 2.74 bits per heavy atom. The normalized spacial score (nSPS) is 13.7. The van der Waals surface area contributed by atoms with Crippen molar-refractivity contribution in [2.75, 3.05) is 6.61 Å². The van der Waals surface area contributed by atoms with Crippen LogP contribution in [0, 0.1) is 5.82 Å². The second-order valence-corrected chi connectivity index (χ2v) is 4.64. The predicted molar refractivity (Wildman–Crippen MR) is 72.4 cm³/mol. The van der Waals surface area contributed by atoms with Crippen molar-refractivity contribution in [1.29, 1.82) is 0 Å². The fourth-order valence-corrected chi connectivity index (χ4v) is 1.57. The molecule has 1 amide bonds. The summed E-state index contributed by atoms with van der Waals surface area (Å²) in [7, 11) is 0. The number of nitrogens with one attached hydrogen (secondary N) is 1. The second kappa shape index (κ2) is 7.09. The fourth-order valence-electron chi connectivity index (χ4n) is 1.57. The Morgan fingerprint density at radius 1 is 1.47 bits per heavy atom. The molecule has 2 atom stereocenters. The molecule has 19 heavy (non-hydrogen) atoms. The van der Waals surface area contributed by atoms with Crippen molar-refractivity contribution in [3.8, 4) is 5.75 Å². The van der Waals surface area contributed by atoms with Gasteiger partial charge in [0.25, 0.3) is 5.91 Å². The standard InChI is InChI=1S/C14H21FN2O2/c1-4-9(2)17-14(18)8-19-13-6-5-11(15)7-12(13)10(3)16/h5-7,9-10H,4,8,16H2,1-3H3,(H,17,18). The molecule has 1 aromatic carbocycles. The Bertz CT molecular complexity index is 435. The van der Waals surface area contributed by atoms with Crippen LogP contribution in [0.2, 0.25) is 0 Å². The molecule has 5 heteroatoms. The van der Waals surface area contributed by atoms with E-state index in [1.807, 2.05) is 13.8 Å². The summed E-state index contributed by atoms with van der Waals surface area (Å²) < 4.78 is 18.5. The van der Waals surface area contributed by atoms with Gasteiger partial charge in [-0.3, -0.25) is 4.79 Å². The minimum atomic E-state index is -0.372. The molecule has 0 saturated carbocycles. The molecule has 106 valence electrons. The first kappa shape index (κ1) is 15.4. The fraction of sp³-hybridized carbons (Fsp3) is 0.500. The number of amides is 1. The molecule has 0 bridgehead atoms. The lowest BCUT2D eigenvalue weighted by Gasteiger charge is -2.15. The van der Waals surface area contributed by atoms with E-state index >= 15 is 0 Å². The third-order valence-electron chi connectivity index (χ3n) is 2.84. The largest absolute Gasteiger partial charge is 0.483 e. The van der Waals surface area contributed by atoms with Crippen molar-refractivity contribution in [2.24, 2.45) is 5.73 Å². The third kappa shape index (κ3) is 4.87. The molecular formula is C14H21FN2O2. The first-order valence-corrected chi connectivity index (χ1v) is 6.41. The van der Waals surface area contributed by atoms with E-state index in [1.165, 1.54) is 18.2 Å². The Hall–Kier alpha value is -1.62. The SMILES string of the molecule is CCC(C)NC(=O)COc1ccc(F)cc1C(C)N. The van der Waals surface area contributed by atoms with Crippen LogP contribution in [0.5, 0.6) is 5.75 Å². The molecule has 0 aliphatic rings. The van der Waals surface area contributed by atoms with Gasteiger partial charge in [-0.1, -0.05) is 6.92 Å².